The maximum Gasteiger partial charge on any atom is 0.320 e. The number of ether oxygens (including phenoxy) is 1. The molecular weight excluding hydrogens is 254 g/mol. The molecule has 2 saturated heterocycles. The monoisotopic (exact) mass is 275 g/mol. The molecule has 0 aromatic heterocycles. The number of hydrogen-bond acceptors (Lipinski definition) is 3. The molecule has 1 N–H and O–H groups in total. The van der Waals surface area contributed by atoms with Gasteiger partial charge in [0.1, 0.15) is 5.75 Å². The lowest BCUT2D eigenvalue weighted by molar-refractivity contribution is 0.178. The molecule has 5 nitrogen and oxygen atoms in total. The average molecular weight is 275 g/mol. The zero-order chi connectivity index (χ0) is 14.1. The van der Waals surface area contributed by atoms with Crippen LogP contribution in [0.1, 0.15) is 11.1 Å². The van der Waals surface area contributed by atoms with E-state index < -0.39 is 0 Å². The quantitative estimate of drug-likeness (QED) is 0.902. The molecule has 20 heavy (non-hydrogen) atoms. The molecule has 1 unspecified atom stereocenters. The van der Waals surface area contributed by atoms with Crippen molar-refractivity contribution >= 4 is 6.03 Å². The number of carbonyl (C=O) groups is 1. The number of urea groups is 1. The number of methoxy groups -OCH3 is 1. The van der Waals surface area contributed by atoms with Crippen molar-refractivity contribution in [3.8, 4) is 5.75 Å². The second kappa shape index (κ2) is 5.32. The van der Waals surface area contributed by atoms with Gasteiger partial charge in [0.15, 0.2) is 0 Å². The Morgan fingerprint density at radius 1 is 1.45 bits per heavy atom. The summed E-state index contributed by atoms with van der Waals surface area (Å²) in [6, 6.07) is 6.57. The van der Waals surface area contributed by atoms with Crippen molar-refractivity contribution in [2.45, 2.75) is 19.5 Å². The average Bonchev–Trinajstić information content (AvgIpc) is 2.76. The van der Waals surface area contributed by atoms with Gasteiger partial charge in [0.05, 0.1) is 19.7 Å². The molecule has 0 aliphatic carbocycles. The van der Waals surface area contributed by atoms with Gasteiger partial charge in [0.25, 0.3) is 0 Å². The van der Waals surface area contributed by atoms with Gasteiger partial charge in [-0.15, -0.1) is 0 Å². The van der Waals surface area contributed by atoms with Crippen LogP contribution in [-0.2, 0) is 6.54 Å². The van der Waals surface area contributed by atoms with E-state index in [1.807, 2.05) is 21.9 Å². The first kappa shape index (κ1) is 13.2. The van der Waals surface area contributed by atoms with Gasteiger partial charge in [-0.05, 0) is 13.0 Å². The lowest BCUT2D eigenvalue weighted by Crippen LogP contribution is -2.49. The van der Waals surface area contributed by atoms with E-state index >= 15 is 0 Å². The van der Waals surface area contributed by atoms with E-state index in [-0.39, 0.29) is 6.03 Å². The highest BCUT2D eigenvalue weighted by Gasteiger charge is 2.38. The predicted octanol–water partition coefficient (Wildman–Crippen LogP) is 1.21. The van der Waals surface area contributed by atoms with Crippen molar-refractivity contribution in [1.29, 1.82) is 0 Å². The summed E-state index contributed by atoms with van der Waals surface area (Å²) in [5.41, 5.74) is 2.26. The number of rotatable bonds is 3. The Labute approximate surface area is 119 Å². The molecule has 1 aromatic carbocycles. The number of piperazine rings is 1. The zero-order valence-electron chi connectivity index (χ0n) is 12.1. The zero-order valence-corrected chi connectivity index (χ0v) is 12.1. The molecule has 0 bridgehead atoms. The maximum absolute atomic E-state index is 12.4. The summed E-state index contributed by atoms with van der Waals surface area (Å²) >= 11 is 0. The molecular formula is C15H21N3O2. The van der Waals surface area contributed by atoms with E-state index in [0.717, 1.165) is 37.5 Å². The first-order chi connectivity index (χ1) is 9.69. The molecule has 1 atom stereocenters. The van der Waals surface area contributed by atoms with Gasteiger partial charge in [-0.2, -0.15) is 0 Å². The van der Waals surface area contributed by atoms with Gasteiger partial charge in [-0.1, -0.05) is 17.7 Å². The number of benzene rings is 1. The number of nitrogens with zero attached hydrogens (tertiary/aromatic N) is 2. The van der Waals surface area contributed by atoms with Gasteiger partial charge >= 0.3 is 6.03 Å². The van der Waals surface area contributed by atoms with Crippen molar-refractivity contribution in [3.63, 3.8) is 0 Å². The van der Waals surface area contributed by atoms with Crippen LogP contribution in [0, 0.1) is 6.92 Å². The van der Waals surface area contributed by atoms with Crippen LogP contribution in [0.5, 0.6) is 5.75 Å². The van der Waals surface area contributed by atoms with E-state index in [0.29, 0.717) is 12.6 Å². The number of carbonyl (C=O) groups excluding carboxylic acids is 1. The summed E-state index contributed by atoms with van der Waals surface area (Å²) in [6.45, 7) is 6.07. The second-order valence-corrected chi connectivity index (χ2v) is 5.53. The van der Waals surface area contributed by atoms with E-state index in [1.165, 1.54) is 5.56 Å². The first-order valence-electron chi connectivity index (χ1n) is 7.09. The summed E-state index contributed by atoms with van der Waals surface area (Å²) in [5.74, 6) is 0.853. The minimum absolute atomic E-state index is 0.153. The molecule has 2 amide bonds. The van der Waals surface area contributed by atoms with Crippen molar-refractivity contribution in [2.24, 2.45) is 0 Å². The lowest BCUT2D eigenvalue weighted by atomic mass is 10.1. The maximum atomic E-state index is 12.4. The Bertz CT molecular complexity index is 518. The Balaban J connectivity index is 1.78. The normalized spacial score (nSPS) is 22.1. The van der Waals surface area contributed by atoms with Crippen molar-refractivity contribution in [3.05, 3.63) is 29.3 Å². The standard InChI is InChI=1S/C15H21N3O2/c1-11-3-4-14(20-2)12(7-11)9-17-10-13-8-16-5-6-18(13)15(17)19/h3-4,7,13,16H,5-6,8-10H2,1-2H3. The Morgan fingerprint density at radius 2 is 2.30 bits per heavy atom. The van der Waals surface area contributed by atoms with E-state index in [4.69, 9.17) is 4.74 Å². The molecule has 3 rings (SSSR count). The molecule has 0 radical (unpaired) electrons. The third-order valence-corrected chi connectivity index (χ3v) is 4.09. The van der Waals surface area contributed by atoms with Crippen LogP contribution >= 0.6 is 0 Å². The minimum atomic E-state index is 0.153. The summed E-state index contributed by atoms with van der Waals surface area (Å²) in [6.07, 6.45) is 0. The summed E-state index contributed by atoms with van der Waals surface area (Å²) < 4.78 is 5.40. The minimum Gasteiger partial charge on any atom is -0.496 e. The molecule has 5 heteroatoms. The van der Waals surface area contributed by atoms with E-state index in [1.54, 1.807) is 7.11 Å². The SMILES string of the molecule is COc1ccc(C)cc1CN1CC2CNCCN2C1=O. The molecule has 2 aliphatic rings. The number of amides is 2. The summed E-state index contributed by atoms with van der Waals surface area (Å²) in [4.78, 5) is 16.3. The van der Waals surface area contributed by atoms with Crippen molar-refractivity contribution < 1.29 is 9.53 Å². The molecule has 1 aromatic rings. The first-order valence-corrected chi connectivity index (χ1v) is 7.09. The fraction of sp³-hybridized carbons (Fsp3) is 0.533. The highest BCUT2D eigenvalue weighted by Crippen LogP contribution is 2.25. The fourth-order valence-electron chi connectivity index (χ4n) is 3.06. The van der Waals surface area contributed by atoms with Gasteiger partial charge in [0.2, 0.25) is 0 Å². The van der Waals surface area contributed by atoms with Crippen LogP contribution in [0.25, 0.3) is 0 Å². The summed E-state index contributed by atoms with van der Waals surface area (Å²) in [5, 5.41) is 3.35. The van der Waals surface area contributed by atoms with Gasteiger partial charge in [-0.3, -0.25) is 0 Å². The Kier molecular flexibility index (Phi) is 3.53. The van der Waals surface area contributed by atoms with Crippen LogP contribution < -0.4 is 10.1 Å². The second-order valence-electron chi connectivity index (χ2n) is 5.53. The van der Waals surface area contributed by atoms with Crippen LogP contribution in [0.2, 0.25) is 0 Å². The molecule has 0 saturated carbocycles. The third-order valence-electron chi connectivity index (χ3n) is 4.09. The Hall–Kier alpha value is -1.75. The van der Waals surface area contributed by atoms with Crippen LogP contribution in [0.3, 0.4) is 0 Å². The molecule has 2 aliphatic heterocycles. The van der Waals surface area contributed by atoms with Crippen molar-refractivity contribution in [1.82, 2.24) is 15.1 Å². The van der Waals surface area contributed by atoms with E-state index in [2.05, 4.69) is 18.3 Å². The summed E-state index contributed by atoms with van der Waals surface area (Å²) in [7, 11) is 1.67. The van der Waals surface area contributed by atoms with Crippen LogP contribution in [0.15, 0.2) is 18.2 Å². The number of nitrogens with one attached hydrogen (secondary N) is 1. The molecule has 0 spiro atoms. The van der Waals surface area contributed by atoms with E-state index in [9.17, 15) is 4.79 Å². The third kappa shape index (κ3) is 2.33. The highest BCUT2D eigenvalue weighted by molar-refractivity contribution is 5.77. The van der Waals surface area contributed by atoms with Crippen LogP contribution in [-0.4, -0.2) is 55.2 Å². The Morgan fingerprint density at radius 3 is 3.05 bits per heavy atom. The van der Waals surface area contributed by atoms with Gasteiger partial charge < -0.3 is 19.9 Å². The number of aryl methyl sites for hydroxylation is 1. The van der Waals surface area contributed by atoms with Gasteiger partial charge in [-0.25, -0.2) is 4.79 Å². The fourth-order valence-corrected chi connectivity index (χ4v) is 3.06. The molecule has 2 heterocycles. The predicted molar refractivity (Wildman–Crippen MR) is 76.9 cm³/mol. The lowest BCUT2D eigenvalue weighted by Gasteiger charge is -2.28. The highest BCUT2D eigenvalue weighted by atomic mass is 16.5. The topological polar surface area (TPSA) is 44.8 Å². The largest absolute Gasteiger partial charge is 0.496 e. The number of fused-ring (bicyclic) bond motifs is 1. The molecule has 108 valence electrons. The van der Waals surface area contributed by atoms with Crippen LogP contribution in [0.4, 0.5) is 4.79 Å². The smallest absolute Gasteiger partial charge is 0.320 e. The number of hydrogen-bond donors (Lipinski definition) is 1. The molecule has 2 fully saturated rings. The van der Waals surface area contributed by atoms with Crippen molar-refractivity contribution in [2.75, 3.05) is 33.3 Å². The van der Waals surface area contributed by atoms with Gasteiger partial charge in [0, 0.05) is 31.7 Å².